The quantitative estimate of drug-likeness (QED) is 0.301. The lowest BCUT2D eigenvalue weighted by Crippen LogP contribution is -2.29. The maximum Gasteiger partial charge on any atom is 0.433 e. The molecule has 0 aliphatic carbocycles. The highest BCUT2D eigenvalue weighted by atomic mass is 79.9. The normalized spacial score (nSPS) is 12.9. The highest BCUT2D eigenvalue weighted by molar-refractivity contribution is 9.12. The zero-order valence-corrected chi connectivity index (χ0v) is 21.0. The van der Waals surface area contributed by atoms with Crippen LogP contribution in [0.2, 0.25) is 0 Å². The molecule has 0 bridgehead atoms. The monoisotopic (exact) mass is 564 g/mol. The number of halogens is 4. The van der Waals surface area contributed by atoms with Crippen molar-refractivity contribution < 1.29 is 31.1 Å². The summed E-state index contributed by atoms with van der Waals surface area (Å²) in [5, 5.41) is 10.1. The molecule has 0 fully saturated rings. The van der Waals surface area contributed by atoms with E-state index in [4.69, 9.17) is 10.1 Å². The molecule has 0 atom stereocenters. The molecule has 0 aliphatic heterocycles. The van der Waals surface area contributed by atoms with E-state index in [9.17, 15) is 26.4 Å². The Labute approximate surface area is 203 Å². The highest BCUT2D eigenvalue weighted by Gasteiger charge is 2.37. The van der Waals surface area contributed by atoms with E-state index in [1.807, 2.05) is 0 Å². The number of ether oxygens (including phenoxy) is 1. The second kappa shape index (κ2) is 11.2. The Bertz CT molecular complexity index is 1190. The smallest absolute Gasteiger partial charge is 0.433 e. The summed E-state index contributed by atoms with van der Waals surface area (Å²) in [6.45, 7) is 0.139. The Morgan fingerprint density at radius 2 is 1.91 bits per heavy atom. The molecule has 1 aromatic heterocycles. The number of carbonyl (C=O) groups excluding carboxylic acids is 1. The number of aromatic amines is 1. The lowest BCUT2D eigenvalue weighted by Gasteiger charge is -2.15. The lowest BCUT2D eigenvalue weighted by molar-refractivity contribution is -0.142. The highest BCUT2D eigenvalue weighted by Crippen LogP contribution is 2.31. The van der Waals surface area contributed by atoms with E-state index in [0.717, 1.165) is 6.26 Å². The average Bonchev–Trinajstić information content (AvgIpc) is 3.21. The maximum atomic E-state index is 13.2. The van der Waals surface area contributed by atoms with E-state index in [1.165, 1.54) is 18.2 Å². The van der Waals surface area contributed by atoms with E-state index in [1.54, 1.807) is 37.2 Å². The number of rotatable bonds is 10. The molecule has 8 nitrogen and oxygen atoms in total. The molecule has 34 heavy (non-hydrogen) atoms. The number of likely N-dealkylation sites (N-methyl/N-ethyl adjacent to an activating group) is 1. The Kier molecular flexibility index (Phi) is 9.08. The molecule has 0 saturated carbocycles. The number of nitrogens with one attached hydrogen (secondary N) is 3. The Hall–Kier alpha value is -2.64. The van der Waals surface area contributed by atoms with Gasteiger partial charge in [0.15, 0.2) is 15.5 Å². The topological polar surface area (TPSA) is 115 Å². The number of esters is 1. The number of H-pyrrole nitrogens is 1. The van der Waals surface area contributed by atoms with Crippen molar-refractivity contribution in [2.75, 3.05) is 40.0 Å². The molecule has 0 spiro atoms. The van der Waals surface area contributed by atoms with Crippen LogP contribution in [0.4, 0.5) is 13.2 Å². The van der Waals surface area contributed by atoms with Gasteiger partial charge in [0.1, 0.15) is 13.2 Å². The fourth-order valence-electron chi connectivity index (χ4n) is 2.70. The predicted molar refractivity (Wildman–Crippen MR) is 126 cm³/mol. The molecular weight excluding hydrogens is 541 g/mol. The standard InChI is InChI=1S/C21H24BrF3N4O4S/c1-29(2)9-10-33-17(30)12-27-19(18(22)20(26)21(23,24)25)16-8-7-15(28-16)13-5-4-6-14(11-13)34(3,31)32/h4-8,11,26-28H,9-10,12H2,1-3H3/b19-18+,26-20?. The summed E-state index contributed by atoms with van der Waals surface area (Å²) in [6, 6.07) is 9.03. The molecule has 3 N–H and O–H groups in total. The van der Waals surface area contributed by atoms with Gasteiger partial charge in [-0.3, -0.25) is 10.2 Å². The summed E-state index contributed by atoms with van der Waals surface area (Å²) in [4.78, 5) is 16.8. The van der Waals surface area contributed by atoms with Gasteiger partial charge in [-0.1, -0.05) is 12.1 Å². The molecule has 2 aromatic rings. The Morgan fingerprint density at radius 1 is 1.24 bits per heavy atom. The zero-order chi connectivity index (χ0) is 25.7. The van der Waals surface area contributed by atoms with Crippen molar-refractivity contribution in [3.05, 3.63) is 46.6 Å². The van der Waals surface area contributed by atoms with Crippen LogP contribution in [0.25, 0.3) is 17.0 Å². The first kappa shape index (κ1) is 27.6. The molecule has 0 saturated heterocycles. The Balaban J connectivity index is 2.37. The largest absolute Gasteiger partial charge is 0.463 e. The van der Waals surface area contributed by atoms with Gasteiger partial charge >= 0.3 is 12.1 Å². The number of aromatic nitrogens is 1. The summed E-state index contributed by atoms with van der Waals surface area (Å²) in [5.41, 5.74) is -0.781. The van der Waals surface area contributed by atoms with Gasteiger partial charge in [-0.25, -0.2) is 8.42 Å². The first-order valence-electron chi connectivity index (χ1n) is 9.80. The summed E-state index contributed by atoms with van der Waals surface area (Å²) in [5.74, 6) is -0.689. The van der Waals surface area contributed by atoms with Crippen LogP contribution >= 0.6 is 15.9 Å². The molecule has 0 unspecified atom stereocenters. The van der Waals surface area contributed by atoms with Gasteiger partial charge in [0.2, 0.25) is 0 Å². The van der Waals surface area contributed by atoms with Crippen molar-refractivity contribution >= 4 is 43.1 Å². The number of benzene rings is 1. The fraction of sp³-hybridized carbons (Fsp3) is 0.333. The van der Waals surface area contributed by atoms with Crippen LogP contribution in [0.1, 0.15) is 5.69 Å². The minimum atomic E-state index is -4.93. The van der Waals surface area contributed by atoms with Gasteiger partial charge in [0.25, 0.3) is 0 Å². The number of carbonyl (C=O) groups is 1. The lowest BCUT2D eigenvalue weighted by atomic mass is 10.2. The average molecular weight is 565 g/mol. The molecule has 0 aliphatic rings. The van der Waals surface area contributed by atoms with Crippen molar-refractivity contribution in [2.45, 2.75) is 11.1 Å². The summed E-state index contributed by atoms with van der Waals surface area (Å²) in [6.07, 6.45) is -3.87. The van der Waals surface area contributed by atoms with Crippen molar-refractivity contribution in [1.29, 1.82) is 5.41 Å². The fourth-order valence-corrected chi connectivity index (χ4v) is 3.94. The van der Waals surface area contributed by atoms with Gasteiger partial charge in [-0.2, -0.15) is 13.2 Å². The first-order valence-corrected chi connectivity index (χ1v) is 12.5. The molecule has 186 valence electrons. The van der Waals surface area contributed by atoms with Crippen LogP contribution in [0.5, 0.6) is 0 Å². The van der Waals surface area contributed by atoms with Crippen molar-refractivity contribution in [3.63, 3.8) is 0 Å². The molecule has 0 amide bonds. The summed E-state index contributed by atoms with van der Waals surface area (Å²) < 4.78 is 67.6. The number of alkyl halides is 3. The van der Waals surface area contributed by atoms with Gasteiger partial charge < -0.3 is 19.9 Å². The number of allylic oxidation sites excluding steroid dienone is 1. The minimum Gasteiger partial charge on any atom is -0.463 e. The van der Waals surface area contributed by atoms with E-state index < -0.39 is 38.7 Å². The number of hydrogen-bond donors (Lipinski definition) is 3. The molecule has 1 aromatic carbocycles. The zero-order valence-electron chi connectivity index (χ0n) is 18.6. The van der Waals surface area contributed by atoms with Crippen LogP contribution < -0.4 is 5.32 Å². The molecule has 13 heteroatoms. The van der Waals surface area contributed by atoms with Gasteiger partial charge in [-0.05, 0) is 59.9 Å². The summed E-state index contributed by atoms with van der Waals surface area (Å²) in [7, 11) is 0.120. The number of sulfone groups is 1. The van der Waals surface area contributed by atoms with E-state index in [2.05, 4.69) is 26.2 Å². The third kappa shape index (κ3) is 7.71. The van der Waals surface area contributed by atoms with Crippen molar-refractivity contribution in [2.24, 2.45) is 0 Å². The van der Waals surface area contributed by atoms with Crippen molar-refractivity contribution in [3.8, 4) is 11.3 Å². The first-order chi connectivity index (χ1) is 15.7. The summed E-state index contributed by atoms with van der Waals surface area (Å²) >= 11 is 2.82. The third-order valence-electron chi connectivity index (χ3n) is 4.46. The van der Waals surface area contributed by atoms with E-state index in [-0.39, 0.29) is 22.9 Å². The molecular formula is C21H24BrF3N4O4S. The minimum absolute atomic E-state index is 0.0792. The maximum absolute atomic E-state index is 13.2. The van der Waals surface area contributed by atoms with Crippen LogP contribution in [0.15, 0.2) is 45.8 Å². The van der Waals surface area contributed by atoms with Gasteiger partial charge in [0.05, 0.1) is 20.8 Å². The van der Waals surface area contributed by atoms with Gasteiger partial charge in [-0.15, -0.1) is 0 Å². The Morgan fingerprint density at radius 3 is 2.50 bits per heavy atom. The SMILES string of the molecule is CN(C)CCOC(=O)CN/C(=C(/Br)C(=N)C(F)(F)F)c1ccc(-c2cccc(S(C)(=O)=O)c2)[nH]1. The number of nitrogens with zero attached hydrogens (tertiary/aromatic N) is 1. The molecule has 0 radical (unpaired) electrons. The van der Waals surface area contributed by atoms with Crippen LogP contribution in [0, 0.1) is 5.41 Å². The van der Waals surface area contributed by atoms with Crippen LogP contribution in [0.3, 0.4) is 0 Å². The number of hydrogen-bond acceptors (Lipinski definition) is 7. The van der Waals surface area contributed by atoms with Crippen molar-refractivity contribution in [1.82, 2.24) is 15.2 Å². The second-order valence-electron chi connectivity index (χ2n) is 7.52. The van der Waals surface area contributed by atoms with Crippen LogP contribution in [-0.4, -0.2) is 76.2 Å². The van der Waals surface area contributed by atoms with Gasteiger partial charge in [0, 0.05) is 18.5 Å². The molecule has 1 heterocycles. The predicted octanol–water partition coefficient (Wildman–Crippen LogP) is 3.43. The third-order valence-corrected chi connectivity index (χ3v) is 6.37. The molecule has 2 rings (SSSR count). The second-order valence-corrected chi connectivity index (χ2v) is 10.3. The van der Waals surface area contributed by atoms with E-state index >= 15 is 0 Å². The van der Waals surface area contributed by atoms with Crippen LogP contribution in [-0.2, 0) is 19.4 Å². The van der Waals surface area contributed by atoms with E-state index in [0.29, 0.717) is 17.8 Å².